The van der Waals surface area contributed by atoms with Gasteiger partial charge in [0.25, 0.3) is 5.91 Å². The average molecular weight is 297 g/mol. The number of hydrogen-bond acceptors (Lipinski definition) is 2. The highest BCUT2D eigenvalue weighted by Crippen LogP contribution is 2.33. The molecule has 1 N–H and O–H groups in total. The second-order valence-corrected chi connectivity index (χ2v) is 4.78. The van der Waals surface area contributed by atoms with Crippen LogP contribution in [-0.2, 0) is 4.79 Å². The molecule has 0 fully saturated rings. The van der Waals surface area contributed by atoms with E-state index in [1.54, 1.807) is 48.6 Å². The summed E-state index contributed by atoms with van der Waals surface area (Å²) in [5.41, 5.74) is 2.59. The number of hydrogen-bond donors (Lipinski definition) is 1. The van der Waals surface area contributed by atoms with E-state index >= 15 is 0 Å². The second-order valence-electron chi connectivity index (χ2n) is 4.34. The highest BCUT2D eigenvalue weighted by atomic mass is 35.5. The molecule has 1 aromatic carbocycles. The summed E-state index contributed by atoms with van der Waals surface area (Å²) in [6.45, 7) is 1.88. The summed E-state index contributed by atoms with van der Waals surface area (Å²) in [6, 6.07) is 7.33. The maximum absolute atomic E-state index is 11.9. The van der Waals surface area contributed by atoms with Crippen LogP contribution in [0.5, 0.6) is 0 Å². The van der Waals surface area contributed by atoms with Crippen LogP contribution in [0.15, 0.2) is 60.2 Å². The van der Waals surface area contributed by atoms with Gasteiger partial charge in [-0.3, -0.25) is 4.79 Å². The lowest BCUT2D eigenvalue weighted by Crippen LogP contribution is -2.03. The number of rotatable bonds is 3. The largest absolute Gasteiger partial charge is 0.321 e. The van der Waals surface area contributed by atoms with Crippen LogP contribution in [0, 0.1) is 11.3 Å². The van der Waals surface area contributed by atoms with E-state index in [9.17, 15) is 4.79 Å². The van der Waals surface area contributed by atoms with Gasteiger partial charge in [-0.2, -0.15) is 5.26 Å². The summed E-state index contributed by atoms with van der Waals surface area (Å²) in [5.74, 6) is -0.173. The minimum absolute atomic E-state index is 0.173. The third-order valence-corrected chi connectivity index (χ3v) is 3.14. The number of halogens is 1. The van der Waals surface area contributed by atoms with Crippen molar-refractivity contribution in [1.29, 1.82) is 5.26 Å². The van der Waals surface area contributed by atoms with Crippen molar-refractivity contribution in [3.63, 3.8) is 0 Å². The van der Waals surface area contributed by atoms with Gasteiger partial charge < -0.3 is 5.32 Å². The molecule has 1 aliphatic heterocycles. The molecule has 0 spiro atoms. The third-order valence-electron chi connectivity index (χ3n) is 2.90. The molecule has 0 radical (unpaired) electrons. The molecular weight excluding hydrogens is 284 g/mol. The van der Waals surface area contributed by atoms with Gasteiger partial charge in [0.2, 0.25) is 0 Å². The first-order valence-electron chi connectivity index (χ1n) is 6.38. The predicted molar refractivity (Wildman–Crippen MR) is 85.7 cm³/mol. The molecule has 1 aliphatic rings. The fourth-order valence-electron chi connectivity index (χ4n) is 1.91. The molecule has 0 aromatic heterocycles. The van der Waals surface area contributed by atoms with Crippen LogP contribution in [0.3, 0.4) is 0 Å². The minimum atomic E-state index is -0.173. The zero-order chi connectivity index (χ0) is 15.2. The van der Waals surface area contributed by atoms with Crippen LogP contribution in [0.1, 0.15) is 12.5 Å². The number of amides is 1. The fraction of sp³-hybridized carbons (Fsp3) is 0.0588. The quantitative estimate of drug-likeness (QED) is 0.515. The monoisotopic (exact) mass is 296 g/mol. The van der Waals surface area contributed by atoms with Gasteiger partial charge in [0.1, 0.15) is 0 Å². The maximum atomic E-state index is 11.9. The lowest BCUT2D eigenvalue weighted by molar-refractivity contribution is -0.110. The van der Waals surface area contributed by atoms with Crippen molar-refractivity contribution in [3.05, 3.63) is 70.8 Å². The zero-order valence-electron chi connectivity index (χ0n) is 11.4. The zero-order valence-corrected chi connectivity index (χ0v) is 12.2. The molecule has 1 amide bonds. The number of nitrogens with one attached hydrogen (secondary N) is 1. The summed E-state index contributed by atoms with van der Waals surface area (Å²) >= 11 is 5.90. The van der Waals surface area contributed by atoms with Crippen molar-refractivity contribution in [2.45, 2.75) is 6.92 Å². The highest BCUT2D eigenvalue weighted by Gasteiger charge is 2.23. The first kappa shape index (κ1) is 14.8. The smallest absolute Gasteiger partial charge is 0.256 e. The van der Waals surface area contributed by atoms with Crippen molar-refractivity contribution < 1.29 is 4.79 Å². The van der Waals surface area contributed by atoms with Crippen LogP contribution in [0.25, 0.3) is 5.57 Å². The molecule has 1 aromatic rings. The van der Waals surface area contributed by atoms with Crippen LogP contribution < -0.4 is 5.32 Å². The lowest BCUT2D eigenvalue weighted by Gasteiger charge is -1.97. The van der Waals surface area contributed by atoms with Gasteiger partial charge in [-0.15, -0.1) is 0 Å². The number of anilines is 1. The Balaban J connectivity index is 2.27. The van der Waals surface area contributed by atoms with Crippen molar-refractivity contribution in [2.24, 2.45) is 0 Å². The first-order valence-corrected chi connectivity index (χ1v) is 6.76. The molecule has 21 heavy (non-hydrogen) atoms. The van der Waals surface area contributed by atoms with Crippen molar-refractivity contribution in [3.8, 4) is 6.07 Å². The van der Waals surface area contributed by atoms with Crippen LogP contribution >= 0.6 is 11.6 Å². The van der Waals surface area contributed by atoms with Crippen LogP contribution in [0.4, 0.5) is 5.69 Å². The van der Waals surface area contributed by atoms with Gasteiger partial charge in [-0.1, -0.05) is 35.9 Å². The number of nitriles is 1. The summed E-state index contributed by atoms with van der Waals surface area (Å²) in [5, 5.41) is 12.3. The van der Waals surface area contributed by atoms with E-state index in [4.69, 9.17) is 16.9 Å². The molecule has 0 saturated carbocycles. The first-order chi connectivity index (χ1) is 10.2. The van der Waals surface area contributed by atoms with Gasteiger partial charge in [-0.25, -0.2) is 0 Å². The Labute approximate surface area is 128 Å². The van der Waals surface area contributed by atoms with Crippen molar-refractivity contribution in [2.75, 3.05) is 5.32 Å². The van der Waals surface area contributed by atoms with Crippen LogP contribution in [-0.4, -0.2) is 5.91 Å². The molecule has 104 valence electrons. The van der Waals surface area contributed by atoms with E-state index in [2.05, 4.69) is 11.4 Å². The van der Waals surface area contributed by atoms with Crippen molar-refractivity contribution in [1.82, 2.24) is 0 Å². The molecule has 0 unspecified atom stereocenters. The number of carbonyl (C=O) groups is 1. The summed E-state index contributed by atoms with van der Waals surface area (Å²) in [6.07, 6.45) is 10.4. The van der Waals surface area contributed by atoms with Crippen LogP contribution in [0.2, 0.25) is 5.02 Å². The summed E-state index contributed by atoms with van der Waals surface area (Å²) in [4.78, 5) is 11.9. The Morgan fingerprint density at radius 1 is 1.38 bits per heavy atom. The van der Waals surface area contributed by atoms with E-state index < -0.39 is 0 Å². The van der Waals surface area contributed by atoms with E-state index in [0.717, 1.165) is 5.56 Å². The average Bonchev–Trinajstić information content (AvgIpc) is 2.77. The van der Waals surface area contributed by atoms with Gasteiger partial charge in [0.15, 0.2) is 0 Å². The molecule has 0 saturated heterocycles. The molecular formula is C17H13ClN2O. The lowest BCUT2D eigenvalue weighted by atomic mass is 10.1. The number of carbonyl (C=O) groups excluding carboxylic acids is 1. The molecule has 0 aliphatic carbocycles. The molecule has 0 bridgehead atoms. The van der Waals surface area contributed by atoms with E-state index in [-0.39, 0.29) is 5.91 Å². The summed E-state index contributed by atoms with van der Waals surface area (Å²) < 4.78 is 0. The highest BCUT2D eigenvalue weighted by molar-refractivity contribution is 6.34. The predicted octanol–water partition coefficient (Wildman–Crippen LogP) is 4.26. The Morgan fingerprint density at radius 2 is 2.19 bits per heavy atom. The molecule has 3 nitrogen and oxygen atoms in total. The fourth-order valence-corrected chi connectivity index (χ4v) is 2.08. The third kappa shape index (κ3) is 3.50. The Hall–Kier alpha value is -2.57. The van der Waals surface area contributed by atoms with E-state index in [0.29, 0.717) is 21.9 Å². The van der Waals surface area contributed by atoms with E-state index in [1.165, 1.54) is 0 Å². The topological polar surface area (TPSA) is 52.9 Å². The molecule has 1 heterocycles. The SMILES string of the molecule is C\C=C/C=C(C#N)\C=C\C=C1\C(=O)Nc2cc(Cl)ccc21. The standard InChI is InChI=1S/C17H13ClN2O/c1-2-3-5-12(11-19)6-4-7-15-14-9-8-13(18)10-16(14)20-17(15)21/h2-10H,1H3,(H,20,21)/b3-2-,6-4+,12-5+,15-7+. The number of fused-ring (bicyclic) bond motifs is 1. The van der Waals surface area contributed by atoms with Gasteiger partial charge in [0.05, 0.1) is 17.3 Å². The molecule has 2 rings (SSSR count). The Bertz CT molecular complexity index is 734. The Kier molecular flexibility index (Phi) is 4.76. The summed E-state index contributed by atoms with van der Waals surface area (Å²) in [7, 11) is 0. The van der Waals surface area contributed by atoms with Gasteiger partial charge in [0, 0.05) is 16.2 Å². The molecule has 0 atom stereocenters. The number of allylic oxidation sites excluding steroid dienone is 7. The maximum Gasteiger partial charge on any atom is 0.256 e. The van der Waals surface area contributed by atoms with E-state index in [1.807, 2.05) is 13.0 Å². The molecule has 4 heteroatoms. The Morgan fingerprint density at radius 3 is 2.90 bits per heavy atom. The normalized spacial score (nSPS) is 16.5. The van der Waals surface area contributed by atoms with Crippen molar-refractivity contribution >= 4 is 28.8 Å². The number of nitrogens with zero attached hydrogens (tertiary/aromatic N) is 1. The van der Waals surface area contributed by atoms with Gasteiger partial charge in [-0.05, 0) is 37.3 Å². The second kappa shape index (κ2) is 6.74. The number of benzene rings is 1. The minimum Gasteiger partial charge on any atom is -0.321 e. The van der Waals surface area contributed by atoms with Gasteiger partial charge >= 0.3 is 0 Å².